The van der Waals surface area contributed by atoms with E-state index in [1.807, 2.05) is 0 Å². The summed E-state index contributed by atoms with van der Waals surface area (Å²) in [5.74, 6) is -0.505. The van der Waals surface area contributed by atoms with Crippen molar-refractivity contribution in [2.45, 2.75) is 25.3 Å². The van der Waals surface area contributed by atoms with Gasteiger partial charge in [-0.05, 0) is 25.9 Å². The number of halogens is 2. The Bertz CT molecular complexity index is 338. The molecule has 0 saturated carbocycles. The summed E-state index contributed by atoms with van der Waals surface area (Å²) in [7, 11) is 0. The van der Waals surface area contributed by atoms with E-state index in [1.54, 1.807) is 0 Å². The summed E-state index contributed by atoms with van der Waals surface area (Å²) in [6.45, 7) is 2.57. The Hall–Kier alpha value is -1.08. The number of alkyl halides is 2. The van der Waals surface area contributed by atoms with Crippen LogP contribution in [0.3, 0.4) is 0 Å². The van der Waals surface area contributed by atoms with Crippen molar-refractivity contribution < 1.29 is 13.3 Å². The van der Waals surface area contributed by atoms with E-state index in [2.05, 4.69) is 19.6 Å². The zero-order chi connectivity index (χ0) is 11.5. The molecule has 5 nitrogen and oxygen atoms in total. The van der Waals surface area contributed by atoms with Gasteiger partial charge in [-0.1, -0.05) is 5.16 Å². The minimum Gasteiger partial charge on any atom is -0.333 e. The second kappa shape index (κ2) is 4.84. The molecule has 1 saturated heterocycles. The van der Waals surface area contributed by atoms with Crippen LogP contribution in [0.2, 0.25) is 0 Å². The van der Waals surface area contributed by atoms with Crippen LogP contribution in [0.25, 0.3) is 0 Å². The van der Waals surface area contributed by atoms with Crippen LogP contribution in [0, 0.1) is 0 Å². The first kappa shape index (κ1) is 11.4. The van der Waals surface area contributed by atoms with Gasteiger partial charge >= 0.3 is 6.43 Å². The van der Waals surface area contributed by atoms with Gasteiger partial charge in [0.1, 0.15) is 0 Å². The van der Waals surface area contributed by atoms with E-state index in [4.69, 9.17) is 5.73 Å². The van der Waals surface area contributed by atoms with Crippen LogP contribution in [0.15, 0.2) is 4.52 Å². The molecule has 2 heterocycles. The van der Waals surface area contributed by atoms with E-state index < -0.39 is 18.4 Å². The molecule has 1 aliphatic rings. The number of nitrogens with zero attached hydrogens (tertiary/aromatic N) is 3. The van der Waals surface area contributed by atoms with Crippen LogP contribution < -0.4 is 5.73 Å². The number of likely N-dealkylation sites (tertiary alicyclic amines) is 1. The van der Waals surface area contributed by atoms with Crippen molar-refractivity contribution in [3.05, 3.63) is 11.7 Å². The van der Waals surface area contributed by atoms with Crippen molar-refractivity contribution in [1.82, 2.24) is 15.0 Å². The zero-order valence-corrected chi connectivity index (χ0v) is 8.77. The van der Waals surface area contributed by atoms with Crippen molar-refractivity contribution in [1.29, 1.82) is 0 Å². The Kier molecular flexibility index (Phi) is 3.45. The van der Waals surface area contributed by atoms with Gasteiger partial charge in [0.2, 0.25) is 0 Å². The minimum atomic E-state index is -2.74. The predicted octanol–water partition coefficient (Wildman–Crippen LogP) is 1.10. The van der Waals surface area contributed by atoms with Crippen molar-refractivity contribution in [2.75, 3.05) is 19.6 Å². The van der Waals surface area contributed by atoms with Gasteiger partial charge < -0.3 is 15.2 Å². The fraction of sp³-hybridized carbons (Fsp3) is 0.778. The first-order valence-electron chi connectivity index (χ1n) is 5.26. The highest BCUT2D eigenvalue weighted by atomic mass is 19.3. The first-order chi connectivity index (χ1) is 7.66. The highest BCUT2D eigenvalue weighted by Gasteiger charge is 2.22. The Balaban J connectivity index is 1.94. The lowest BCUT2D eigenvalue weighted by molar-refractivity contribution is 0.106. The molecule has 0 aromatic carbocycles. The van der Waals surface area contributed by atoms with Gasteiger partial charge in [-0.2, -0.15) is 13.8 Å². The normalized spacial score (nSPS) is 19.5. The molecular formula is C9H14F2N4O. The number of rotatable bonds is 4. The number of aromatic nitrogens is 2. The third-order valence-electron chi connectivity index (χ3n) is 2.63. The maximum atomic E-state index is 12.2. The topological polar surface area (TPSA) is 68.2 Å². The second-order valence-electron chi connectivity index (χ2n) is 3.91. The standard InChI is InChI=1S/C9H14F2N4O/c10-7(11)9-13-8(14-16-9)6(12)5-15-3-1-2-4-15/h6-7H,1-5,12H2. The zero-order valence-electron chi connectivity index (χ0n) is 8.77. The molecule has 1 fully saturated rings. The van der Waals surface area contributed by atoms with Gasteiger partial charge in [0.05, 0.1) is 6.04 Å². The summed E-state index contributed by atoms with van der Waals surface area (Å²) in [4.78, 5) is 5.74. The summed E-state index contributed by atoms with van der Waals surface area (Å²) in [6.07, 6.45) is -0.428. The Morgan fingerprint density at radius 3 is 2.62 bits per heavy atom. The van der Waals surface area contributed by atoms with Gasteiger partial charge in [-0.3, -0.25) is 0 Å². The molecule has 1 atom stereocenters. The van der Waals surface area contributed by atoms with E-state index >= 15 is 0 Å². The molecule has 1 unspecified atom stereocenters. The molecular weight excluding hydrogens is 218 g/mol. The van der Waals surface area contributed by atoms with Gasteiger partial charge in [0.15, 0.2) is 5.82 Å². The summed E-state index contributed by atoms with van der Waals surface area (Å²) in [5, 5.41) is 3.46. The maximum Gasteiger partial charge on any atom is 0.315 e. The van der Waals surface area contributed by atoms with Crippen molar-refractivity contribution in [3.63, 3.8) is 0 Å². The summed E-state index contributed by atoms with van der Waals surface area (Å²) >= 11 is 0. The van der Waals surface area contributed by atoms with Crippen LogP contribution in [0.4, 0.5) is 8.78 Å². The molecule has 2 N–H and O–H groups in total. The smallest absolute Gasteiger partial charge is 0.315 e. The fourth-order valence-electron chi connectivity index (χ4n) is 1.81. The summed E-state index contributed by atoms with van der Waals surface area (Å²) in [5.41, 5.74) is 5.82. The van der Waals surface area contributed by atoms with Crippen molar-refractivity contribution in [3.8, 4) is 0 Å². The van der Waals surface area contributed by atoms with Crippen LogP contribution in [-0.4, -0.2) is 34.7 Å². The van der Waals surface area contributed by atoms with Gasteiger partial charge in [-0.25, -0.2) is 0 Å². The molecule has 1 aromatic rings. The van der Waals surface area contributed by atoms with Crippen molar-refractivity contribution >= 4 is 0 Å². The molecule has 0 bridgehead atoms. The fourth-order valence-corrected chi connectivity index (χ4v) is 1.81. The van der Waals surface area contributed by atoms with Crippen LogP contribution in [0.1, 0.15) is 37.0 Å². The third kappa shape index (κ3) is 2.53. The molecule has 90 valence electrons. The second-order valence-corrected chi connectivity index (χ2v) is 3.91. The lowest BCUT2D eigenvalue weighted by atomic mass is 10.3. The summed E-state index contributed by atoms with van der Waals surface area (Å²) in [6, 6.07) is -0.464. The van der Waals surface area contributed by atoms with Crippen LogP contribution in [-0.2, 0) is 0 Å². The highest BCUT2D eigenvalue weighted by Crippen LogP contribution is 2.19. The van der Waals surface area contributed by atoms with Gasteiger partial charge in [0, 0.05) is 6.54 Å². The monoisotopic (exact) mass is 232 g/mol. The Morgan fingerprint density at radius 1 is 1.38 bits per heavy atom. The van der Waals surface area contributed by atoms with Gasteiger partial charge in [0.25, 0.3) is 5.89 Å². The van der Waals surface area contributed by atoms with Crippen LogP contribution in [0.5, 0.6) is 0 Å². The number of hydrogen-bond acceptors (Lipinski definition) is 5. The highest BCUT2D eigenvalue weighted by molar-refractivity contribution is 4.95. The van der Waals surface area contributed by atoms with Crippen LogP contribution >= 0.6 is 0 Å². The maximum absolute atomic E-state index is 12.2. The molecule has 0 aliphatic carbocycles. The predicted molar refractivity (Wildman–Crippen MR) is 51.9 cm³/mol. The van der Waals surface area contributed by atoms with E-state index in [0.29, 0.717) is 6.54 Å². The molecule has 1 aliphatic heterocycles. The molecule has 0 amide bonds. The minimum absolute atomic E-state index is 0.155. The Labute approximate surface area is 91.6 Å². The Morgan fingerprint density at radius 2 is 2.06 bits per heavy atom. The molecule has 16 heavy (non-hydrogen) atoms. The summed E-state index contributed by atoms with van der Waals surface area (Å²) < 4.78 is 28.8. The van der Waals surface area contributed by atoms with E-state index in [-0.39, 0.29) is 5.82 Å². The van der Waals surface area contributed by atoms with E-state index in [1.165, 1.54) is 0 Å². The van der Waals surface area contributed by atoms with E-state index in [9.17, 15) is 8.78 Å². The lowest BCUT2D eigenvalue weighted by Gasteiger charge is -2.17. The van der Waals surface area contributed by atoms with Crippen molar-refractivity contribution in [2.24, 2.45) is 5.73 Å². The number of hydrogen-bond donors (Lipinski definition) is 1. The molecule has 0 spiro atoms. The lowest BCUT2D eigenvalue weighted by Crippen LogP contribution is -2.30. The third-order valence-corrected chi connectivity index (χ3v) is 2.63. The molecule has 7 heteroatoms. The molecule has 1 aromatic heterocycles. The van der Waals surface area contributed by atoms with E-state index in [0.717, 1.165) is 25.9 Å². The van der Waals surface area contributed by atoms with Gasteiger partial charge in [-0.15, -0.1) is 0 Å². The first-order valence-corrected chi connectivity index (χ1v) is 5.26. The average Bonchev–Trinajstić information content (AvgIpc) is 2.86. The largest absolute Gasteiger partial charge is 0.333 e. The SMILES string of the molecule is NC(CN1CCCC1)c1noc(C(F)F)n1. The quantitative estimate of drug-likeness (QED) is 0.842. The molecule has 0 radical (unpaired) electrons. The average molecular weight is 232 g/mol. The molecule has 2 rings (SSSR count). The number of nitrogens with two attached hydrogens (primary N) is 1.